The molecule has 2 aromatic carbocycles. The van der Waals surface area contributed by atoms with E-state index < -0.39 is 6.03 Å². The van der Waals surface area contributed by atoms with E-state index in [1.165, 1.54) is 5.56 Å². The van der Waals surface area contributed by atoms with Crippen LogP contribution in [0, 0.1) is 0 Å². The standard InChI is InChI=1S/C18H19N3O2/c19-17(23)21-15-8-6-13(7-9-15)16(22)20-12-18(10-11-18)14-4-2-1-3-5-14/h1-9H,10-12H2,(H,20,22)(H3,19,21,23). The summed E-state index contributed by atoms with van der Waals surface area (Å²) < 4.78 is 0. The van der Waals surface area contributed by atoms with Gasteiger partial charge in [0.1, 0.15) is 0 Å². The van der Waals surface area contributed by atoms with Gasteiger partial charge in [-0.05, 0) is 42.7 Å². The molecule has 1 aliphatic rings. The highest BCUT2D eigenvalue weighted by atomic mass is 16.2. The second-order valence-electron chi connectivity index (χ2n) is 5.90. The van der Waals surface area contributed by atoms with Crippen molar-refractivity contribution in [3.05, 3.63) is 65.7 Å². The van der Waals surface area contributed by atoms with E-state index in [2.05, 4.69) is 22.8 Å². The van der Waals surface area contributed by atoms with Crippen molar-refractivity contribution in [2.75, 3.05) is 11.9 Å². The van der Waals surface area contributed by atoms with Crippen molar-refractivity contribution in [3.63, 3.8) is 0 Å². The predicted molar refractivity (Wildman–Crippen MR) is 89.3 cm³/mol. The first-order valence-corrected chi connectivity index (χ1v) is 7.59. The molecule has 0 unspecified atom stereocenters. The fraction of sp³-hybridized carbons (Fsp3) is 0.222. The Labute approximate surface area is 134 Å². The number of primary amides is 1. The van der Waals surface area contributed by atoms with Crippen LogP contribution in [-0.4, -0.2) is 18.5 Å². The van der Waals surface area contributed by atoms with E-state index in [9.17, 15) is 9.59 Å². The molecule has 23 heavy (non-hydrogen) atoms. The monoisotopic (exact) mass is 309 g/mol. The number of benzene rings is 2. The Morgan fingerprint density at radius 1 is 1.00 bits per heavy atom. The predicted octanol–water partition coefficient (Wildman–Crippen LogP) is 2.64. The number of amides is 3. The lowest BCUT2D eigenvalue weighted by Crippen LogP contribution is -2.32. The topological polar surface area (TPSA) is 84.2 Å². The van der Waals surface area contributed by atoms with Gasteiger partial charge in [-0.3, -0.25) is 4.79 Å². The molecule has 1 aliphatic carbocycles. The van der Waals surface area contributed by atoms with Gasteiger partial charge in [0.2, 0.25) is 0 Å². The van der Waals surface area contributed by atoms with Crippen LogP contribution in [0.2, 0.25) is 0 Å². The third-order valence-corrected chi connectivity index (χ3v) is 4.24. The van der Waals surface area contributed by atoms with Crippen LogP contribution in [0.3, 0.4) is 0 Å². The summed E-state index contributed by atoms with van der Waals surface area (Å²) in [6.45, 7) is 0.636. The van der Waals surface area contributed by atoms with Gasteiger partial charge in [-0.2, -0.15) is 0 Å². The molecular weight excluding hydrogens is 290 g/mol. The molecule has 0 aliphatic heterocycles. The maximum absolute atomic E-state index is 12.3. The summed E-state index contributed by atoms with van der Waals surface area (Å²) in [6.07, 6.45) is 2.19. The van der Waals surface area contributed by atoms with Gasteiger partial charge in [0, 0.05) is 23.2 Å². The minimum Gasteiger partial charge on any atom is -0.351 e. The average molecular weight is 309 g/mol. The van der Waals surface area contributed by atoms with Crippen LogP contribution < -0.4 is 16.4 Å². The SMILES string of the molecule is NC(=O)Nc1ccc(C(=O)NCC2(c3ccccc3)CC2)cc1. The number of carbonyl (C=O) groups excluding carboxylic acids is 2. The molecule has 118 valence electrons. The summed E-state index contributed by atoms with van der Waals surface area (Å²) in [5, 5.41) is 5.48. The van der Waals surface area contributed by atoms with Gasteiger partial charge in [0.05, 0.1) is 0 Å². The Bertz CT molecular complexity index is 707. The molecule has 0 aromatic heterocycles. The molecule has 3 amide bonds. The lowest BCUT2D eigenvalue weighted by molar-refractivity contribution is 0.0949. The van der Waals surface area contributed by atoms with Crippen molar-refractivity contribution in [2.45, 2.75) is 18.3 Å². The first-order valence-electron chi connectivity index (χ1n) is 7.59. The Hall–Kier alpha value is -2.82. The number of hydrogen-bond donors (Lipinski definition) is 3. The molecule has 4 N–H and O–H groups in total. The number of rotatable bonds is 5. The summed E-state index contributed by atoms with van der Waals surface area (Å²) in [6, 6.07) is 16.3. The Morgan fingerprint density at radius 3 is 2.22 bits per heavy atom. The van der Waals surface area contributed by atoms with Gasteiger partial charge in [0.25, 0.3) is 5.91 Å². The summed E-state index contributed by atoms with van der Waals surface area (Å²) in [4.78, 5) is 23.0. The highest BCUT2D eigenvalue weighted by molar-refractivity contribution is 5.95. The van der Waals surface area contributed by atoms with E-state index in [1.807, 2.05) is 18.2 Å². The van der Waals surface area contributed by atoms with Gasteiger partial charge in [-0.15, -0.1) is 0 Å². The third-order valence-electron chi connectivity index (χ3n) is 4.24. The molecule has 0 spiro atoms. The van der Waals surface area contributed by atoms with Crippen LogP contribution in [0.5, 0.6) is 0 Å². The summed E-state index contributed by atoms with van der Waals surface area (Å²) in [5.41, 5.74) is 7.54. The summed E-state index contributed by atoms with van der Waals surface area (Å²) >= 11 is 0. The molecule has 0 saturated heterocycles. The van der Waals surface area contributed by atoms with E-state index in [0.717, 1.165) is 12.8 Å². The lowest BCUT2D eigenvalue weighted by atomic mass is 9.96. The van der Waals surface area contributed by atoms with Gasteiger partial charge < -0.3 is 16.4 Å². The second kappa shape index (κ2) is 6.12. The number of nitrogens with one attached hydrogen (secondary N) is 2. The van der Waals surface area contributed by atoms with E-state index >= 15 is 0 Å². The summed E-state index contributed by atoms with van der Waals surface area (Å²) in [7, 11) is 0. The number of anilines is 1. The van der Waals surface area contributed by atoms with E-state index in [0.29, 0.717) is 17.8 Å². The van der Waals surface area contributed by atoms with Crippen molar-refractivity contribution in [2.24, 2.45) is 5.73 Å². The molecule has 0 heterocycles. The van der Waals surface area contributed by atoms with Gasteiger partial charge in [0.15, 0.2) is 0 Å². The van der Waals surface area contributed by atoms with Crippen molar-refractivity contribution in [3.8, 4) is 0 Å². The zero-order valence-corrected chi connectivity index (χ0v) is 12.7. The van der Waals surface area contributed by atoms with E-state index in [-0.39, 0.29) is 11.3 Å². The number of carbonyl (C=O) groups is 2. The number of urea groups is 1. The van der Waals surface area contributed by atoms with Crippen LogP contribution in [0.15, 0.2) is 54.6 Å². The first kappa shape index (κ1) is 15.1. The van der Waals surface area contributed by atoms with Crippen molar-refractivity contribution < 1.29 is 9.59 Å². The zero-order chi connectivity index (χ0) is 16.3. The normalized spacial score (nSPS) is 14.8. The number of hydrogen-bond acceptors (Lipinski definition) is 2. The molecule has 0 radical (unpaired) electrons. The molecule has 1 saturated carbocycles. The Kier molecular flexibility index (Phi) is 4.02. The molecule has 5 heteroatoms. The lowest BCUT2D eigenvalue weighted by Gasteiger charge is -2.16. The maximum Gasteiger partial charge on any atom is 0.316 e. The van der Waals surface area contributed by atoms with Crippen molar-refractivity contribution in [1.29, 1.82) is 0 Å². The highest BCUT2D eigenvalue weighted by Crippen LogP contribution is 2.47. The molecule has 1 fully saturated rings. The zero-order valence-electron chi connectivity index (χ0n) is 12.7. The molecule has 2 aromatic rings. The highest BCUT2D eigenvalue weighted by Gasteiger charge is 2.44. The summed E-state index contributed by atoms with van der Waals surface area (Å²) in [5.74, 6) is -0.113. The first-order chi connectivity index (χ1) is 11.1. The van der Waals surface area contributed by atoms with E-state index in [1.54, 1.807) is 24.3 Å². The van der Waals surface area contributed by atoms with Crippen LogP contribution >= 0.6 is 0 Å². The van der Waals surface area contributed by atoms with Crippen molar-refractivity contribution in [1.82, 2.24) is 5.32 Å². The van der Waals surface area contributed by atoms with Crippen molar-refractivity contribution >= 4 is 17.6 Å². The van der Waals surface area contributed by atoms with E-state index in [4.69, 9.17) is 5.73 Å². The number of nitrogens with two attached hydrogens (primary N) is 1. The molecule has 3 rings (SSSR count). The molecule has 0 atom stereocenters. The third kappa shape index (κ3) is 3.51. The van der Waals surface area contributed by atoms with Gasteiger partial charge >= 0.3 is 6.03 Å². The van der Waals surface area contributed by atoms with Crippen LogP contribution in [0.25, 0.3) is 0 Å². The smallest absolute Gasteiger partial charge is 0.316 e. The maximum atomic E-state index is 12.3. The van der Waals surface area contributed by atoms with Gasteiger partial charge in [-0.1, -0.05) is 30.3 Å². The van der Waals surface area contributed by atoms with Gasteiger partial charge in [-0.25, -0.2) is 4.79 Å². The molecular formula is C18H19N3O2. The van der Waals surface area contributed by atoms with Crippen LogP contribution in [0.1, 0.15) is 28.8 Å². The van der Waals surface area contributed by atoms with Crippen LogP contribution in [-0.2, 0) is 5.41 Å². The Morgan fingerprint density at radius 2 is 1.65 bits per heavy atom. The second-order valence-corrected chi connectivity index (χ2v) is 5.90. The fourth-order valence-electron chi connectivity index (χ4n) is 2.71. The fourth-order valence-corrected chi connectivity index (χ4v) is 2.71. The van der Waals surface area contributed by atoms with Crippen LogP contribution in [0.4, 0.5) is 10.5 Å². The largest absolute Gasteiger partial charge is 0.351 e. The quantitative estimate of drug-likeness (QED) is 0.793. The average Bonchev–Trinajstić information content (AvgIpc) is 3.35. The molecule has 0 bridgehead atoms. The minimum absolute atomic E-state index is 0.0877. The Balaban J connectivity index is 1.60. The minimum atomic E-state index is -0.624. The molecule has 5 nitrogen and oxygen atoms in total.